The molecule has 1 saturated carbocycles. The van der Waals surface area contributed by atoms with Crippen LogP contribution >= 0.6 is 24.8 Å². The van der Waals surface area contributed by atoms with Crippen molar-refractivity contribution in [2.75, 3.05) is 37.6 Å². The van der Waals surface area contributed by atoms with Crippen molar-refractivity contribution < 1.29 is 5.11 Å². The Bertz CT molecular complexity index is 930. The zero-order valence-corrected chi connectivity index (χ0v) is 19.2. The molecular weight excluding hydrogens is 435 g/mol. The van der Waals surface area contributed by atoms with Gasteiger partial charge in [-0.15, -0.1) is 24.8 Å². The second-order valence-electron chi connectivity index (χ2n) is 8.32. The lowest BCUT2D eigenvalue weighted by molar-refractivity contribution is 0.191. The number of hydrogen-bond acceptors (Lipinski definition) is 6. The summed E-state index contributed by atoms with van der Waals surface area (Å²) in [6, 6.07) is 3.88. The number of rotatable bonds is 4. The van der Waals surface area contributed by atoms with Crippen LogP contribution in [0.5, 0.6) is 5.88 Å². The van der Waals surface area contributed by atoms with Crippen LogP contribution in [0.3, 0.4) is 0 Å². The van der Waals surface area contributed by atoms with E-state index in [0.29, 0.717) is 11.5 Å². The normalized spacial score (nSPS) is 20.4. The van der Waals surface area contributed by atoms with Crippen molar-refractivity contribution >= 4 is 54.4 Å². The summed E-state index contributed by atoms with van der Waals surface area (Å²) in [6.45, 7) is 5.22. The molecule has 7 nitrogen and oxygen atoms in total. The van der Waals surface area contributed by atoms with Gasteiger partial charge in [-0.2, -0.15) is 4.98 Å². The van der Waals surface area contributed by atoms with Crippen LogP contribution in [0.25, 0.3) is 11.6 Å². The highest BCUT2D eigenvalue weighted by atomic mass is 35.5. The lowest BCUT2D eigenvalue weighted by Crippen LogP contribution is -2.48. The molecule has 2 N–H and O–H groups in total. The number of nitrogens with one attached hydrogen (secondary N) is 1. The molecule has 2 aromatic rings. The molecule has 0 atom stereocenters. The topological polar surface area (TPSA) is 80.6 Å². The predicted molar refractivity (Wildman–Crippen MR) is 130 cm³/mol. The van der Waals surface area contributed by atoms with Gasteiger partial charge in [-0.3, -0.25) is 4.90 Å². The number of pyridine rings is 1. The van der Waals surface area contributed by atoms with Crippen LogP contribution in [0.4, 0.5) is 11.8 Å². The number of anilines is 1. The molecule has 0 amide bonds. The summed E-state index contributed by atoms with van der Waals surface area (Å²) >= 11 is 0. The van der Waals surface area contributed by atoms with Crippen molar-refractivity contribution in [2.24, 2.45) is 10.9 Å². The maximum atomic E-state index is 10.4. The molecule has 5 rings (SSSR count). The minimum absolute atomic E-state index is 0. The van der Waals surface area contributed by atoms with Gasteiger partial charge in [0.05, 0.1) is 0 Å². The van der Waals surface area contributed by atoms with Crippen LogP contribution in [-0.4, -0.2) is 63.9 Å². The van der Waals surface area contributed by atoms with Crippen molar-refractivity contribution in [1.29, 1.82) is 0 Å². The average Bonchev–Trinajstić information content (AvgIpc) is 3.33. The van der Waals surface area contributed by atoms with E-state index in [1.165, 1.54) is 38.6 Å². The van der Waals surface area contributed by atoms with E-state index in [1.54, 1.807) is 12.4 Å². The van der Waals surface area contributed by atoms with E-state index in [0.717, 1.165) is 49.2 Å². The van der Waals surface area contributed by atoms with Gasteiger partial charge >= 0.3 is 0 Å². The Balaban J connectivity index is 0.00000136. The van der Waals surface area contributed by atoms with E-state index in [2.05, 4.69) is 29.7 Å². The molecule has 0 spiro atoms. The largest absolute Gasteiger partial charge is 0.492 e. The van der Waals surface area contributed by atoms with Crippen LogP contribution < -0.4 is 4.90 Å². The molecule has 1 aliphatic carbocycles. The lowest BCUT2D eigenvalue weighted by atomic mass is 9.89. The molecule has 0 unspecified atom stereocenters. The minimum Gasteiger partial charge on any atom is -0.492 e. The number of nitrogens with zero attached hydrogens (tertiary/aromatic N) is 5. The van der Waals surface area contributed by atoms with E-state index < -0.39 is 0 Å². The summed E-state index contributed by atoms with van der Waals surface area (Å²) in [6.07, 6.45) is 12.4. The Kier molecular flexibility index (Phi) is 7.97. The van der Waals surface area contributed by atoms with Crippen molar-refractivity contribution in [1.82, 2.24) is 19.9 Å². The number of hydrogen-bond donors (Lipinski definition) is 2. The van der Waals surface area contributed by atoms with Crippen LogP contribution in [0.2, 0.25) is 0 Å². The SMILES string of the molecule is Cl.Cl.Oc1nc(N2CCN(CC3CCCCC3)CC2)[nH]c1/C=C1\C=Nc2ncccc21. The van der Waals surface area contributed by atoms with E-state index in [1.807, 2.05) is 18.2 Å². The molecule has 2 aliphatic heterocycles. The van der Waals surface area contributed by atoms with Crippen molar-refractivity contribution in [3.05, 3.63) is 29.6 Å². The van der Waals surface area contributed by atoms with Gasteiger partial charge in [0.2, 0.25) is 11.8 Å². The Morgan fingerprint density at radius 3 is 2.65 bits per heavy atom. The van der Waals surface area contributed by atoms with Gasteiger partial charge in [0.15, 0.2) is 5.82 Å². The molecule has 3 aliphatic rings. The quantitative estimate of drug-likeness (QED) is 0.704. The Morgan fingerprint density at radius 2 is 1.87 bits per heavy atom. The molecule has 1 saturated heterocycles. The standard InChI is InChI=1S/C22H28N6O.2ClH/c29-21-19(13-17-14-24-20-18(17)7-4-8-23-20)25-22(26-21)28-11-9-27(10-12-28)15-16-5-2-1-3-6-16;;/h4,7-8,13-14,16,29H,1-3,5-6,9-12,15H2,(H,25,26);2*1H/b17-13+;;. The number of aromatic hydroxyl groups is 1. The summed E-state index contributed by atoms with van der Waals surface area (Å²) in [4.78, 5) is 21.1. The van der Waals surface area contributed by atoms with Gasteiger partial charge in [-0.25, -0.2) is 9.98 Å². The fraction of sp³-hybridized carbons (Fsp3) is 0.500. The number of imidazole rings is 1. The third-order valence-electron chi connectivity index (χ3n) is 6.34. The van der Waals surface area contributed by atoms with Crippen molar-refractivity contribution in [3.63, 3.8) is 0 Å². The van der Waals surface area contributed by atoms with Crippen LogP contribution in [0.15, 0.2) is 23.3 Å². The van der Waals surface area contributed by atoms with E-state index in [-0.39, 0.29) is 30.7 Å². The molecule has 9 heteroatoms. The molecular formula is C22H30Cl2N6O. The first-order valence-electron chi connectivity index (χ1n) is 10.7. The number of aromatic nitrogens is 3. The number of allylic oxidation sites excluding steroid dienone is 1. The van der Waals surface area contributed by atoms with E-state index >= 15 is 0 Å². The number of piperazine rings is 1. The summed E-state index contributed by atoms with van der Waals surface area (Å²) < 4.78 is 0. The predicted octanol–water partition coefficient (Wildman–Crippen LogP) is 4.31. The first kappa shape index (κ1) is 23.6. The Morgan fingerprint density at radius 1 is 1.10 bits per heavy atom. The number of halogens is 2. The highest BCUT2D eigenvalue weighted by molar-refractivity contribution is 6.20. The maximum Gasteiger partial charge on any atom is 0.238 e. The highest BCUT2D eigenvalue weighted by Crippen LogP contribution is 2.32. The second kappa shape index (κ2) is 10.5. The Hall–Kier alpha value is -2.09. The lowest BCUT2D eigenvalue weighted by Gasteiger charge is -2.37. The third kappa shape index (κ3) is 5.22. The minimum atomic E-state index is 0. The van der Waals surface area contributed by atoms with Crippen LogP contribution in [0.1, 0.15) is 43.4 Å². The van der Waals surface area contributed by atoms with Crippen LogP contribution in [0, 0.1) is 5.92 Å². The van der Waals surface area contributed by atoms with Gasteiger partial charge < -0.3 is 15.0 Å². The molecule has 0 aromatic carbocycles. The summed E-state index contributed by atoms with van der Waals surface area (Å²) in [5, 5.41) is 10.4. The fourth-order valence-corrected chi connectivity index (χ4v) is 4.69. The Labute approximate surface area is 195 Å². The third-order valence-corrected chi connectivity index (χ3v) is 6.34. The zero-order chi connectivity index (χ0) is 19.6. The number of aromatic amines is 1. The number of H-pyrrole nitrogens is 1. The first-order chi connectivity index (χ1) is 14.3. The van der Waals surface area contributed by atoms with E-state index in [4.69, 9.17) is 0 Å². The molecule has 0 radical (unpaired) electrons. The smallest absolute Gasteiger partial charge is 0.238 e. The van der Waals surface area contributed by atoms with Gasteiger partial charge in [0.25, 0.3) is 0 Å². The summed E-state index contributed by atoms with van der Waals surface area (Å²) in [7, 11) is 0. The zero-order valence-electron chi connectivity index (χ0n) is 17.5. The summed E-state index contributed by atoms with van der Waals surface area (Å²) in [5.74, 6) is 2.37. The molecule has 2 aromatic heterocycles. The molecule has 31 heavy (non-hydrogen) atoms. The van der Waals surface area contributed by atoms with Crippen molar-refractivity contribution in [2.45, 2.75) is 32.1 Å². The van der Waals surface area contributed by atoms with Gasteiger partial charge in [-0.1, -0.05) is 19.3 Å². The number of aliphatic imine (C=N–C) groups is 1. The highest BCUT2D eigenvalue weighted by Gasteiger charge is 2.24. The number of fused-ring (bicyclic) bond motifs is 1. The van der Waals surface area contributed by atoms with E-state index in [9.17, 15) is 5.11 Å². The van der Waals surface area contributed by atoms with Crippen molar-refractivity contribution in [3.8, 4) is 5.88 Å². The van der Waals surface area contributed by atoms with Gasteiger partial charge in [-0.05, 0) is 37.0 Å². The second-order valence-corrected chi connectivity index (χ2v) is 8.32. The summed E-state index contributed by atoms with van der Waals surface area (Å²) in [5.41, 5.74) is 2.51. The first-order valence-corrected chi connectivity index (χ1v) is 10.7. The monoisotopic (exact) mass is 464 g/mol. The molecule has 2 fully saturated rings. The molecule has 4 heterocycles. The van der Waals surface area contributed by atoms with Crippen LogP contribution in [-0.2, 0) is 0 Å². The maximum absolute atomic E-state index is 10.4. The molecule has 0 bridgehead atoms. The average molecular weight is 465 g/mol. The fourth-order valence-electron chi connectivity index (χ4n) is 4.69. The molecule has 168 valence electrons. The van der Waals surface area contributed by atoms with Gasteiger partial charge in [0.1, 0.15) is 5.69 Å². The van der Waals surface area contributed by atoms with Gasteiger partial charge in [0, 0.05) is 56.3 Å².